The van der Waals surface area contributed by atoms with E-state index in [0.29, 0.717) is 0 Å². The predicted octanol–water partition coefficient (Wildman–Crippen LogP) is 2.18. The van der Waals surface area contributed by atoms with Crippen LogP contribution in [0.3, 0.4) is 0 Å². The first-order valence-electron chi connectivity index (χ1n) is 4.37. The Morgan fingerprint density at radius 3 is 2.42 bits per heavy atom. The van der Waals surface area contributed by atoms with Crippen LogP contribution in [0.1, 0.15) is 12.8 Å². The normalized spacial score (nSPS) is 21.4. The van der Waals surface area contributed by atoms with E-state index in [4.69, 9.17) is 4.42 Å². The summed E-state index contributed by atoms with van der Waals surface area (Å²) in [7, 11) is 1.69. The topological polar surface area (TPSA) is 11.3 Å². The summed E-state index contributed by atoms with van der Waals surface area (Å²) in [5.74, 6) is 1.78. The maximum absolute atomic E-state index is 5.08. The summed E-state index contributed by atoms with van der Waals surface area (Å²) in [4.78, 5) is 0. The van der Waals surface area contributed by atoms with E-state index in [9.17, 15) is 0 Å². The molecule has 0 spiro atoms. The van der Waals surface area contributed by atoms with Gasteiger partial charge in [0.1, 0.15) is 0 Å². The van der Waals surface area contributed by atoms with Gasteiger partial charge in [-0.3, -0.25) is 4.42 Å². The van der Waals surface area contributed by atoms with Gasteiger partial charge in [-0.15, -0.1) is 0 Å². The molecule has 1 heteroatoms. The highest BCUT2D eigenvalue weighted by Crippen LogP contribution is 2.32. The molecule has 0 saturated heterocycles. The summed E-state index contributed by atoms with van der Waals surface area (Å²) < 4.78 is 5.08. The summed E-state index contributed by atoms with van der Waals surface area (Å²) >= 11 is 0. The van der Waals surface area contributed by atoms with Crippen molar-refractivity contribution in [3.8, 4) is 0 Å². The van der Waals surface area contributed by atoms with E-state index in [1.807, 2.05) is 12.2 Å². The highest BCUT2D eigenvalue weighted by molar-refractivity contribution is 6.01. The van der Waals surface area contributed by atoms with Crippen LogP contribution < -0.4 is 0 Å². The third kappa shape index (κ3) is 1.73. The molecule has 0 aromatic heterocycles. The van der Waals surface area contributed by atoms with Crippen molar-refractivity contribution in [2.24, 2.45) is 5.92 Å². The zero-order chi connectivity index (χ0) is 8.39. The Kier molecular flexibility index (Phi) is 1.94. The second-order valence-corrected chi connectivity index (χ2v) is 3.28. The van der Waals surface area contributed by atoms with E-state index < -0.39 is 0 Å². The summed E-state index contributed by atoms with van der Waals surface area (Å²) in [6.45, 7) is 0. The minimum Gasteiger partial charge on any atom is -0.258 e. The van der Waals surface area contributed by atoms with Gasteiger partial charge in [-0.25, -0.2) is 0 Å². The molecule has 0 unspecified atom stereocenters. The zero-order valence-electron chi connectivity index (χ0n) is 7.29. The van der Waals surface area contributed by atoms with E-state index >= 15 is 0 Å². The lowest BCUT2D eigenvalue weighted by molar-refractivity contribution is -0.417. The molecular formula is C11H13O+. The number of hydrogen-bond donors (Lipinski definition) is 0. The van der Waals surface area contributed by atoms with Crippen LogP contribution in [0.4, 0.5) is 0 Å². The summed E-state index contributed by atoms with van der Waals surface area (Å²) in [6.07, 6.45) is 13.3. The minimum atomic E-state index is 0.846. The monoisotopic (exact) mass is 161 g/mol. The summed E-state index contributed by atoms with van der Waals surface area (Å²) in [5.41, 5.74) is 1.32. The lowest BCUT2D eigenvalue weighted by Crippen LogP contribution is -1.95. The first kappa shape index (κ1) is 7.53. The Hall–Kier alpha value is -1.11. The van der Waals surface area contributed by atoms with Crippen LogP contribution in [0.15, 0.2) is 36.0 Å². The predicted molar refractivity (Wildman–Crippen MR) is 50.0 cm³/mol. The molecule has 1 saturated carbocycles. The first-order chi connectivity index (χ1) is 5.88. The molecule has 0 N–H and O–H groups in total. The fraction of sp³-hybridized carbons (Fsp3) is 0.364. The van der Waals surface area contributed by atoms with Crippen molar-refractivity contribution in [3.63, 3.8) is 0 Å². The average Bonchev–Trinajstić information content (AvgIpc) is 2.90. The van der Waals surface area contributed by atoms with Gasteiger partial charge in [0.05, 0.1) is 0 Å². The smallest absolute Gasteiger partial charge is 0.258 e. The summed E-state index contributed by atoms with van der Waals surface area (Å²) in [5, 5.41) is 0. The van der Waals surface area contributed by atoms with Crippen molar-refractivity contribution in [3.05, 3.63) is 36.0 Å². The molecule has 0 atom stereocenters. The number of carbonyl (C=O) groups excluding carboxylic acids is 1. The first-order valence-corrected chi connectivity index (χ1v) is 4.37. The molecule has 0 amide bonds. The van der Waals surface area contributed by atoms with Gasteiger partial charge in [0.2, 0.25) is 0 Å². The molecule has 0 heterocycles. The molecule has 0 aromatic carbocycles. The van der Waals surface area contributed by atoms with Crippen LogP contribution in [0.5, 0.6) is 0 Å². The van der Waals surface area contributed by atoms with Crippen LogP contribution in [0.25, 0.3) is 0 Å². The molecule has 12 heavy (non-hydrogen) atoms. The molecule has 2 aliphatic carbocycles. The highest BCUT2D eigenvalue weighted by Gasteiger charge is 2.18. The lowest BCUT2D eigenvalue weighted by atomic mass is 10.1. The Balaban J connectivity index is 2.09. The molecule has 2 aliphatic rings. The Labute approximate surface area is 72.8 Å². The van der Waals surface area contributed by atoms with Crippen molar-refractivity contribution >= 4 is 5.78 Å². The Morgan fingerprint density at radius 1 is 1.25 bits per heavy atom. The lowest BCUT2D eigenvalue weighted by Gasteiger charge is -1.95. The van der Waals surface area contributed by atoms with Crippen LogP contribution in [-0.2, 0) is 4.42 Å². The molecule has 2 rings (SSSR count). The average molecular weight is 161 g/mol. The largest absolute Gasteiger partial charge is 0.343 e. The molecule has 62 valence electrons. The van der Waals surface area contributed by atoms with Crippen molar-refractivity contribution < 1.29 is 4.42 Å². The maximum Gasteiger partial charge on any atom is 0.343 e. The van der Waals surface area contributed by atoms with E-state index in [1.165, 1.54) is 18.4 Å². The van der Waals surface area contributed by atoms with Gasteiger partial charge < -0.3 is 0 Å². The zero-order valence-corrected chi connectivity index (χ0v) is 7.29. The van der Waals surface area contributed by atoms with Crippen molar-refractivity contribution in [2.45, 2.75) is 12.8 Å². The van der Waals surface area contributed by atoms with Gasteiger partial charge in [0.15, 0.2) is 0 Å². The van der Waals surface area contributed by atoms with Crippen LogP contribution in [-0.4, -0.2) is 12.9 Å². The van der Waals surface area contributed by atoms with E-state index in [1.54, 1.807) is 7.11 Å². The van der Waals surface area contributed by atoms with Crippen LogP contribution in [0, 0.1) is 5.92 Å². The SMILES string of the molecule is C[O+]=C1C=CC(=CC2CC2)C=C1. The minimum absolute atomic E-state index is 0.846. The molecule has 1 nitrogen and oxygen atoms in total. The fourth-order valence-corrected chi connectivity index (χ4v) is 1.25. The number of rotatable bonds is 1. The molecule has 0 aromatic rings. The fourth-order valence-electron chi connectivity index (χ4n) is 1.25. The maximum atomic E-state index is 5.08. The third-order valence-electron chi connectivity index (χ3n) is 2.17. The Morgan fingerprint density at radius 2 is 1.92 bits per heavy atom. The van der Waals surface area contributed by atoms with Gasteiger partial charge >= 0.3 is 5.78 Å². The van der Waals surface area contributed by atoms with E-state index in [2.05, 4.69) is 18.2 Å². The molecule has 1 fully saturated rings. The number of ketones is 1. The van der Waals surface area contributed by atoms with Crippen LogP contribution in [0.2, 0.25) is 0 Å². The van der Waals surface area contributed by atoms with Gasteiger partial charge in [0, 0.05) is 12.2 Å². The standard InChI is InChI=1S/C11H13O/c1-12-11-6-4-10(5-7-11)8-9-2-3-9/h4-9H,2-3H2,1H3/q+1. The van der Waals surface area contributed by atoms with Crippen molar-refractivity contribution in [2.75, 3.05) is 7.11 Å². The summed E-state index contributed by atoms with van der Waals surface area (Å²) in [6, 6.07) is 0. The van der Waals surface area contributed by atoms with Gasteiger partial charge in [0.25, 0.3) is 7.11 Å². The third-order valence-corrected chi connectivity index (χ3v) is 2.17. The van der Waals surface area contributed by atoms with E-state index in [0.717, 1.165) is 11.7 Å². The van der Waals surface area contributed by atoms with Gasteiger partial charge in [-0.1, -0.05) is 6.08 Å². The second kappa shape index (κ2) is 3.10. The second-order valence-electron chi connectivity index (χ2n) is 3.28. The molecule has 0 radical (unpaired) electrons. The number of allylic oxidation sites excluding steroid dienone is 6. The number of hydrogen-bond acceptors (Lipinski definition) is 0. The van der Waals surface area contributed by atoms with Gasteiger partial charge in [-0.05, 0) is 36.5 Å². The van der Waals surface area contributed by atoms with Crippen molar-refractivity contribution in [1.82, 2.24) is 0 Å². The molecule has 0 aliphatic heterocycles. The molecular weight excluding hydrogens is 148 g/mol. The highest BCUT2D eigenvalue weighted by atomic mass is 16.4. The quantitative estimate of drug-likeness (QED) is 0.522. The van der Waals surface area contributed by atoms with Crippen molar-refractivity contribution in [1.29, 1.82) is 0 Å². The Bertz CT molecular complexity index is 270. The molecule has 0 bridgehead atoms. The van der Waals surface area contributed by atoms with Crippen LogP contribution >= 0.6 is 0 Å². The van der Waals surface area contributed by atoms with Gasteiger partial charge in [-0.2, -0.15) is 0 Å². The van der Waals surface area contributed by atoms with E-state index in [-0.39, 0.29) is 0 Å².